The van der Waals surface area contributed by atoms with Crippen LogP contribution in [0.5, 0.6) is 0 Å². The number of likely N-dealkylation sites (tertiary alicyclic amines) is 1. The Labute approximate surface area is 182 Å². The Morgan fingerprint density at radius 1 is 1.17 bits per heavy atom. The van der Waals surface area contributed by atoms with Crippen LogP contribution < -0.4 is 10.6 Å². The molecule has 7 nitrogen and oxygen atoms in total. The normalized spacial score (nSPS) is 20.8. The second-order valence-electron chi connectivity index (χ2n) is 9.76. The third-order valence-electron chi connectivity index (χ3n) is 5.98. The first-order chi connectivity index (χ1) is 14.2. The molecule has 0 radical (unpaired) electrons. The van der Waals surface area contributed by atoms with Gasteiger partial charge >= 0.3 is 6.03 Å². The van der Waals surface area contributed by atoms with Gasteiger partial charge in [0.05, 0.1) is 13.2 Å². The summed E-state index contributed by atoms with van der Waals surface area (Å²) in [6.07, 6.45) is 9.85. The van der Waals surface area contributed by atoms with E-state index in [9.17, 15) is 9.59 Å². The second kappa shape index (κ2) is 11.0. The first kappa shape index (κ1) is 24.5. The number of carbonyl (C=O) groups is 2. The number of nitrogens with zero attached hydrogens (tertiary/aromatic N) is 2. The van der Waals surface area contributed by atoms with E-state index in [1.807, 2.05) is 0 Å². The van der Waals surface area contributed by atoms with Crippen LogP contribution in [0.3, 0.4) is 0 Å². The van der Waals surface area contributed by atoms with Gasteiger partial charge in [0, 0.05) is 26.2 Å². The largest absolute Gasteiger partial charge is 0.378 e. The zero-order valence-electron chi connectivity index (χ0n) is 19.3. The molecule has 2 fully saturated rings. The molecule has 0 spiro atoms. The van der Waals surface area contributed by atoms with Crippen molar-refractivity contribution in [2.45, 2.75) is 71.4 Å². The fourth-order valence-corrected chi connectivity index (χ4v) is 3.96. The number of amides is 3. The molecule has 0 saturated carbocycles. The van der Waals surface area contributed by atoms with Crippen LogP contribution in [0.1, 0.15) is 59.8 Å². The van der Waals surface area contributed by atoms with E-state index in [0.717, 1.165) is 45.3 Å². The van der Waals surface area contributed by atoms with E-state index < -0.39 is 11.6 Å². The number of rotatable bonds is 7. The van der Waals surface area contributed by atoms with E-state index in [4.69, 9.17) is 11.2 Å². The SMILES string of the molecule is C#CC1(NC(=O)C(CCC(C)(C)C)NC(=O)N2CCOCC2)CCN(CCC)CC1. The van der Waals surface area contributed by atoms with Crippen molar-refractivity contribution in [3.63, 3.8) is 0 Å². The van der Waals surface area contributed by atoms with Crippen molar-refractivity contribution >= 4 is 11.9 Å². The summed E-state index contributed by atoms with van der Waals surface area (Å²) in [5.41, 5.74) is -0.567. The van der Waals surface area contributed by atoms with Gasteiger partial charge in [-0.3, -0.25) is 4.79 Å². The Bertz CT molecular complexity index is 609. The molecule has 2 rings (SSSR count). The smallest absolute Gasteiger partial charge is 0.318 e. The van der Waals surface area contributed by atoms with E-state index in [-0.39, 0.29) is 17.4 Å². The quantitative estimate of drug-likeness (QED) is 0.620. The van der Waals surface area contributed by atoms with Crippen LogP contribution in [0.15, 0.2) is 0 Å². The number of urea groups is 1. The summed E-state index contributed by atoms with van der Waals surface area (Å²) < 4.78 is 5.32. The molecule has 0 bridgehead atoms. The van der Waals surface area contributed by atoms with Crippen LogP contribution in [0.2, 0.25) is 0 Å². The molecule has 1 atom stereocenters. The van der Waals surface area contributed by atoms with Gasteiger partial charge in [-0.15, -0.1) is 6.42 Å². The average molecular weight is 421 g/mol. The number of carbonyl (C=O) groups excluding carboxylic acids is 2. The second-order valence-corrected chi connectivity index (χ2v) is 9.76. The number of hydrogen-bond acceptors (Lipinski definition) is 4. The minimum Gasteiger partial charge on any atom is -0.378 e. The molecule has 170 valence electrons. The number of terminal acetylenes is 1. The molecule has 30 heavy (non-hydrogen) atoms. The van der Waals surface area contributed by atoms with Gasteiger partial charge in [0.15, 0.2) is 0 Å². The third-order valence-corrected chi connectivity index (χ3v) is 5.98. The zero-order chi connectivity index (χ0) is 22.2. The number of piperidine rings is 1. The molecule has 2 aliphatic rings. The predicted molar refractivity (Wildman–Crippen MR) is 119 cm³/mol. The lowest BCUT2D eigenvalue weighted by Crippen LogP contribution is -2.60. The Kier molecular flexibility index (Phi) is 8.99. The summed E-state index contributed by atoms with van der Waals surface area (Å²) in [7, 11) is 0. The van der Waals surface area contributed by atoms with E-state index in [0.29, 0.717) is 32.7 Å². The van der Waals surface area contributed by atoms with Gasteiger partial charge in [0.25, 0.3) is 0 Å². The molecule has 0 aromatic carbocycles. The molecule has 0 aromatic rings. The Balaban J connectivity index is 2.03. The van der Waals surface area contributed by atoms with Crippen molar-refractivity contribution in [3.05, 3.63) is 0 Å². The molecule has 1 unspecified atom stereocenters. The Morgan fingerprint density at radius 2 is 1.80 bits per heavy atom. The monoisotopic (exact) mass is 420 g/mol. The van der Waals surface area contributed by atoms with Gasteiger partial charge in [-0.1, -0.05) is 33.6 Å². The van der Waals surface area contributed by atoms with Gasteiger partial charge in [-0.05, 0) is 44.1 Å². The zero-order valence-corrected chi connectivity index (χ0v) is 19.3. The van der Waals surface area contributed by atoms with Gasteiger partial charge in [-0.25, -0.2) is 4.79 Å². The predicted octanol–water partition coefficient (Wildman–Crippen LogP) is 2.22. The molecule has 2 aliphatic heterocycles. The summed E-state index contributed by atoms with van der Waals surface area (Å²) in [6, 6.07) is -0.807. The lowest BCUT2D eigenvalue weighted by Gasteiger charge is -2.40. The number of ether oxygens (including phenoxy) is 1. The lowest BCUT2D eigenvalue weighted by molar-refractivity contribution is -0.125. The van der Waals surface area contributed by atoms with Gasteiger partial charge in [0.1, 0.15) is 11.6 Å². The van der Waals surface area contributed by atoms with Crippen LogP contribution in [0.4, 0.5) is 4.79 Å². The van der Waals surface area contributed by atoms with E-state index in [1.165, 1.54) is 0 Å². The third kappa shape index (κ3) is 7.48. The Morgan fingerprint density at radius 3 is 2.33 bits per heavy atom. The fraction of sp³-hybridized carbons (Fsp3) is 0.826. The van der Waals surface area contributed by atoms with E-state index in [1.54, 1.807) is 4.90 Å². The number of nitrogens with one attached hydrogen (secondary N) is 2. The summed E-state index contributed by atoms with van der Waals surface area (Å²) in [5, 5.41) is 6.09. The fourth-order valence-electron chi connectivity index (χ4n) is 3.96. The maximum Gasteiger partial charge on any atom is 0.318 e. The molecule has 7 heteroatoms. The van der Waals surface area contributed by atoms with Crippen LogP contribution in [-0.2, 0) is 9.53 Å². The molecule has 0 aromatic heterocycles. The molecule has 0 aliphatic carbocycles. The van der Waals surface area contributed by atoms with Crippen LogP contribution in [0.25, 0.3) is 0 Å². The van der Waals surface area contributed by atoms with Crippen molar-refractivity contribution in [2.24, 2.45) is 5.41 Å². The van der Waals surface area contributed by atoms with Crippen LogP contribution >= 0.6 is 0 Å². The molecule has 3 amide bonds. The van der Waals surface area contributed by atoms with Crippen molar-refractivity contribution in [2.75, 3.05) is 45.9 Å². The molecule has 2 N–H and O–H groups in total. The maximum absolute atomic E-state index is 13.2. The maximum atomic E-state index is 13.2. The highest BCUT2D eigenvalue weighted by atomic mass is 16.5. The highest BCUT2D eigenvalue weighted by Gasteiger charge is 2.36. The first-order valence-electron chi connectivity index (χ1n) is 11.3. The summed E-state index contributed by atoms with van der Waals surface area (Å²) >= 11 is 0. The summed E-state index contributed by atoms with van der Waals surface area (Å²) in [6.45, 7) is 13.5. The van der Waals surface area contributed by atoms with Crippen LogP contribution in [0, 0.1) is 17.8 Å². The average Bonchev–Trinajstić information content (AvgIpc) is 2.72. The van der Waals surface area contributed by atoms with Gasteiger partial charge in [-0.2, -0.15) is 0 Å². The Hall–Kier alpha value is -1.78. The minimum atomic E-state index is -0.634. The molecule has 2 saturated heterocycles. The van der Waals surface area contributed by atoms with Crippen molar-refractivity contribution in [1.82, 2.24) is 20.4 Å². The highest BCUT2D eigenvalue weighted by Crippen LogP contribution is 2.24. The molecular weight excluding hydrogens is 380 g/mol. The van der Waals surface area contributed by atoms with Gasteiger partial charge < -0.3 is 25.2 Å². The van der Waals surface area contributed by atoms with Crippen LogP contribution in [-0.4, -0.2) is 79.3 Å². The lowest BCUT2D eigenvalue weighted by atomic mass is 9.86. The number of morpholine rings is 1. The summed E-state index contributed by atoms with van der Waals surface area (Å²) in [4.78, 5) is 30.1. The minimum absolute atomic E-state index is 0.0670. The highest BCUT2D eigenvalue weighted by molar-refractivity contribution is 5.87. The molecule has 2 heterocycles. The van der Waals surface area contributed by atoms with E-state index >= 15 is 0 Å². The van der Waals surface area contributed by atoms with E-state index in [2.05, 4.69) is 49.1 Å². The van der Waals surface area contributed by atoms with Crippen molar-refractivity contribution in [1.29, 1.82) is 0 Å². The van der Waals surface area contributed by atoms with Gasteiger partial charge in [0.2, 0.25) is 5.91 Å². The van der Waals surface area contributed by atoms with Crippen molar-refractivity contribution < 1.29 is 14.3 Å². The summed E-state index contributed by atoms with van der Waals surface area (Å²) in [5.74, 6) is 2.68. The molecular formula is C23H40N4O3. The topological polar surface area (TPSA) is 73.9 Å². The van der Waals surface area contributed by atoms with Crippen molar-refractivity contribution in [3.8, 4) is 12.3 Å². The number of hydrogen-bond donors (Lipinski definition) is 2. The first-order valence-corrected chi connectivity index (χ1v) is 11.3. The standard InChI is InChI=1S/C23H40N4O3/c1-6-12-26-13-10-23(7-2,11-14-26)25-20(28)19(8-9-22(3,4)5)24-21(29)27-15-17-30-18-16-27/h2,19H,6,8-18H2,1,3-5H3,(H,24,29)(H,25,28).